The average molecular weight is 403 g/mol. The minimum absolute atomic E-state index is 0.00180. The van der Waals surface area contributed by atoms with Crippen LogP contribution >= 0.6 is 11.6 Å². The Morgan fingerprint density at radius 2 is 1.46 bits per heavy atom. The lowest BCUT2D eigenvalue weighted by atomic mass is 9.88. The maximum absolute atomic E-state index is 12.5. The van der Waals surface area contributed by atoms with E-state index in [-0.39, 0.29) is 18.4 Å². The highest BCUT2D eigenvalue weighted by Gasteiger charge is 2.26. The van der Waals surface area contributed by atoms with Crippen molar-refractivity contribution in [3.8, 4) is 0 Å². The summed E-state index contributed by atoms with van der Waals surface area (Å²) in [5, 5.41) is 5.87. The van der Waals surface area contributed by atoms with Crippen LogP contribution < -0.4 is 10.6 Å². The number of anilines is 2. The number of hydrogen-bond acceptors (Lipinski definition) is 4. The van der Waals surface area contributed by atoms with E-state index in [1.165, 1.54) is 6.92 Å². The van der Waals surface area contributed by atoms with Gasteiger partial charge in [-0.25, -0.2) is 0 Å². The first kappa shape index (κ1) is 21.4. The fourth-order valence-electron chi connectivity index (χ4n) is 2.73. The van der Waals surface area contributed by atoms with Crippen molar-refractivity contribution in [1.82, 2.24) is 0 Å². The number of benzene rings is 2. The van der Waals surface area contributed by atoms with Crippen LogP contribution in [0, 0.1) is 5.92 Å². The standard InChI is InChI=1S/C21H23ClN2O4/c1-13(2)20(15-4-6-16(22)7-5-15)21(27)28-12-19(26)24-18-10-8-17(9-11-18)23-14(3)25/h4-11,13,20H,12H2,1-3H3,(H,23,25)(H,24,26)/t20-/m1/s1. The molecule has 0 aliphatic carbocycles. The van der Waals surface area contributed by atoms with E-state index in [1.54, 1.807) is 48.5 Å². The minimum Gasteiger partial charge on any atom is -0.455 e. The summed E-state index contributed by atoms with van der Waals surface area (Å²) >= 11 is 5.90. The summed E-state index contributed by atoms with van der Waals surface area (Å²) in [5.74, 6) is -1.57. The van der Waals surface area contributed by atoms with E-state index in [2.05, 4.69) is 10.6 Å². The Kier molecular flexibility index (Phi) is 7.58. The smallest absolute Gasteiger partial charge is 0.314 e. The van der Waals surface area contributed by atoms with Gasteiger partial charge in [-0.15, -0.1) is 0 Å². The second-order valence-corrected chi connectivity index (χ2v) is 7.12. The highest BCUT2D eigenvalue weighted by atomic mass is 35.5. The van der Waals surface area contributed by atoms with Gasteiger partial charge in [0.15, 0.2) is 6.61 Å². The van der Waals surface area contributed by atoms with E-state index in [4.69, 9.17) is 16.3 Å². The molecular weight excluding hydrogens is 380 g/mol. The Morgan fingerprint density at radius 3 is 1.96 bits per heavy atom. The number of amides is 2. The van der Waals surface area contributed by atoms with Crippen molar-refractivity contribution in [2.75, 3.05) is 17.2 Å². The quantitative estimate of drug-likeness (QED) is 0.679. The van der Waals surface area contributed by atoms with Crippen molar-refractivity contribution >= 4 is 40.8 Å². The van der Waals surface area contributed by atoms with Gasteiger partial charge >= 0.3 is 5.97 Å². The number of carbonyl (C=O) groups is 3. The molecule has 6 nitrogen and oxygen atoms in total. The average Bonchev–Trinajstić information content (AvgIpc) is 2.63. The molecule has 2 rings (SSSR count). The van der Waals surface area contributed by atoms with Crippen molar-refractivity contribution in [1.29, 1.82) is 0 Å². The molecule has 0 heterocycles. The van der Waals surface area contributed by atoms with E-state index in [1.807, 2.05) is 13.8 Å². The van der Waals surface area contributed by atoms with Gasteiger partial charge < -0.3 is 15.4 Å². The molecule has 0 aromatic heterocycles. The van der Waals surface area contributed by atoms with Crippen molar-refractivity contribution < 1.29 is 19.1 Å². The summed E-state index contributed by atoms with van der Waals surface area (Å²) in [6, 6.07) is 13.6. The van der Waals surface area contributed by atoms with Crippen LogP contribution in [0.1, 0.15) is 32.3 Å². The highest BCUT2D eigenvalue weighted by molar-refractivity contribution is 6.30. The molecule has 1 atom stereocenters. The number of carbonyl (C=O) groups excluding carboxylic acids is 3. The molecule has 0 radical (unpaired) electrons. The molecular formula is C21H23ClN2O4. The maximum atomic E-state index is 12.5. The van der Waals surface area contributed by atoms with Gasteiger partial charge in [-0.3, -0.25) is 14.4 Å². The first-order valence-electron chi connectivity index (χ1n) is 8.86. The summed E-state index contributed by atoms with van der Waals surface area (Å²) in [6.45, 7) is 4.86. The molecule has 0 saturated carbocycles. The van der Waals surface area contributed by atoms with Gasteiger partial charge in [-0.1, -0.05) is 37.6 Å². The zero-order chi connectivity index (χ0) is 20.7. The minimum atomic E-state index is -0.484. The summed E-state index contributed by atoms with van der Waals surface area (Å²) in [5.41, 5.74) is 1.95. The molecule has 0 saturated heterocycles. The molecule has 0 unspecified atom stereocenters. The third-order valence-electron chi connectivity index (χ3n) is 3.98. The van der Waals surface area contributed by atoms with E-state index >= 15 is 0 Å². The lowest BCUT2D eigenvalue weighted by molar-refractivity contribution is -0.149. The monoisotopic (exact) mass is 402 g/mol. The molecule has 0 fully saturated rings. The van der Waals surface area contributed by atoms with Crippen LogP contribution in [0.4, 0.5) is 11.4 Å². The predicted octanol–water partition coefficient (Wildman–Crippen LogP) is 4.22. The van der Waals surface area contributed by atoms with Gasteiger partial charge in [0.25, 0.3) is 5.91 Å². The second kappa shape index (κ2) is 9.90. The molecule has 0 spiro atoms. The van der Waals surface area contributed by atoms with Crippen LogP contribution in [0.25, 0.3) is 0 Å². The number of ether oxygens (including phenoxy) is 1. The molecule has 2 aromatic carbocycles. The van der Waals surface area contributed by atoms with Gasteiger partial charge in [0.2, 0.25) is 5.91 Å². The van der Waals surface area contributed by atoms with Gasteiger partial charge in [0.1, 0.15) is 0 Å². The Balaban J connectivity index is 1.92. The van der Waals surface area contributed by atoms with E-state index in [0.717, 1.165) is 5.56 Å². The Bertz CT molecular complexity index is 832. The predicted molar refractivity (Wildman–Crippen MR) is 109 cm³/mol. The zero-order valence-electron chi connectivity index (χ0n) is 16.0. The Morgan fingerprint density at radius 1 is 0.929 bits per heavy atom. The lowest BCUT2D eigenvalue weighted by Crippen LogP contribution is -2.26. The third-order valence-corrected chi connectivity index (χ3v) is 4.24. The van der Waals surface area contributed by atoms with Crippen LogP contribution in [0.2, 0.25) is 5.02 Å². The van der Waals surface area contributed by atoms with Crippen LogP contribution in [-0.2, 0) is 19.1 Å². The van der Waals surface area contributed by atoms with Crippen molar-refractivity contribution in [3.63, 3.8) is 0 Å². The third kappa shape index (κ3) is 6.39. The molecule has 2 N–H and O–H groups in total. The van der Waals surface area contributed by atoms with E-state index < -0.39 is 17.8 Å². The number of nitrogens with one attached hydrogen (secondary N) is 2. The SMILES string of the molecule is CC(=O)Nc1ccc(NC(=O)COC(=O)[C@@H](c2ccc(Cl)cc2)C(C)C)cc1. The molecule has 0 bridgehead atoms. The maximum Gasteiger partial charge on any atom is 0.314 e. The van der Waals surface area contributed by atoms with Crippen molar-refractivity contribution in [2.45, 2.75) is 26.7 Å². The van der Waals surface area contributed by atoms with Gasteiger partial charge in [0.05, 0.1) is 5.92 Å². The van der Waals surface area contributed by atoms with Gasteiger partial charge in [-0.2, -0.15) is 0 Å². The molecule has 2 amide bonds. The number of esters is 1. The summed E-state index contributed by atoms with van der Waals surface area (Å²) in [7, 11) is 0. The Labute approximate surface area is 169 Å². The van der Waals surface area contributed by atoms with Crippen LogP contribution in [0.3, 0.4) is 0 Å². The second-order valence-electron chi connectivity index (χ2n) is 6.69. The fourth-order valence-corrected chi connectivity index (χ4v) is 2.85. The summed E-state index contributed by atoms with van der Waals surface area (Å²) in [4.78, 5) is 35.6. The summed E-state index contributed by atoms with van der Waals surface area (Å²) < 4.78 is 5.22. The Hall–Kier alpha value is -2.86. The first-order chi connectivity index (χ1) is 13.3. The van der Waals surface area contributed by atoms with E-state index in [9.17, 15) is 14.4 Å². The topological polar surface area (TPSA) is 84.5 Å². The largest absolute Gasteiger partial charge is 0.455 e. The number of hydrogen-bond donors (Lipinski definition) is 2. The normalized spacial score (nSPS) is 11.6. The van der Waals surface area contributed by atoms with Crippen molar-refractivity contribution in [3.05, 3.63) is 59.1 Å². The zero-order valence-corrected chi connectivity index (χ0v) is 16.7. The molecule has 2 aromatic rings. The summed E-state index contributed by atoms with van der Waals surface area (Å²) in [6.07, 6.45) is 0. The van der Waals surface area contributed by atoms with Crippen LogP contribution in [0.15, 0.2) is 48.5 Å². The van der Waals surface area contributed by atoms with Gasteiger partial charge in [0, 0.05) is 23.3 Å². The van der Waals surface area contributed by atoms with Crippen LogP contribution in [-0.4, -0.2) is 24.4 Å². The van der Waals surface area contributed by atoms with E-state index in [0.29, 0.717) is 16.4 Å². The molecule has 7 heteroatoms. The molecule has 0 aliphatic rings. The fraction of sp³-hybridized carbons (Fsp3) is 0.286. The van der Waals surface area contributed by atoms with Gasteiger partial charge in [-0.05, 0) is 47.9 Å². The molecule has 148 valence electrons. The van der Waals surface area contributed by atoms with Crippen LogP contribution in [0.5, 0.6) is 0 Å². The lowest BCUT2D eigenvalue weighted by Gasteiger charge is -2.20. The number of rotatable bonds is 7. The number of halogens is 1. The van der Waals surface area contributed by atoms with Crippen molar-refractivity contribution in [2.24, 2.45) is 5.92 Å². The molecule has 28 heavy (non-hydrogen) atoms. The molecule has 0 aliphatic heterocycles. The first-order valence-corrected chi connectivity index (χ1v) is 9.23. The highest BCUT2D eigenvalue weighted by Crippen LogP contribution is 2.27.